The number of amides is 2. The average Bonchev–Trinajstić information content (AvgIpc) is 2.55. The fourth-order valence-electron chi connectivity index (χ4n) is 2.93. The highest BCUT2D eigenvalue weighted by atomic mass is 16.2. The van der Waals surface area contributed by atoms with E-state index in [0.29, 0.717) is 0 Å². The fraction of sp³-hybridized carbons (Fsp3) is 0.263. The minimum atomic E-state index is -0.462. The summed E-state index contributed by atoms with van der Waals surface area (Å²) in [6.45, 7) is 0.852. The lowest BCUT2D eigenvalue weighted by molar-refractivity contribution is -0.123. The molecule has 1 atom stereocenters. The van der Waals surface area contributed by atoms with E-state index in [1.807, 2.05) is 62.6 Å². The van der Waals surface area contributed by atoms with Crippen molar-refractivity contribution < 1.29 is 9.59 Å². The average molecular weight is 323 g/mol. The maximum atomic E-state index is 12.6. The van der Waals surface area contributed by atoms with Crippen molar-refractivity contribution in [1.29, 1.82) is 0 Å². The summed E-state index contributed by atoms with van der Waals surface area (Å²) in [4.78, 5) is 26.6. The van der Waals surface area contributed by atoms with Crippen LogP contribution in [-0.4, -0.2) is 30.8 Å². The zero-order valence-corrected chi connectivity index (χ0v) is 13.9. The molecule has 0 saturated carbocycles. The van der Waals surface area contributed by atoms with Crippen LogP contribution in [0.4, 0.5) is 11.4 Å². The Morgan fingerprint density at radius 1 is 1.17 bits per heavy atom. The molecule has 0 bridgehead atoms. The van der Waals surface area contributed by atoms with Crippen molar-refractivity contribution in [2.24, 2.45) is 0 Å². The van der Waals surface area contributed by atoms with Gasteiger partial charge in [0.25, 0.3) is 0 Å². The first-order chi connectivity index (χ1) is 11.5. The fourth-order valence-corrected chi connectivity index (χ4v) is 2.93. The quantitative estimate of drug-likeness (QED) is 0.909. The predicted octanol–water partition coefficient (Wildman–Crippen LogP) is 2.81. The van der Waals surface area contributed by atoms with Crippen molar-refractivity contribution >= 4 is 23.2 Å². The number of benzene rings is 2. The van der Waals surface area contributed by atoms with Crippen molar-refractivity contribution in [1.82, 2.24) is 4.90 Å². The van der Waals surface area contributed by atoms with Crippen LogP contribution in [0.15, 0.2) is 48.5 Å². The Kier molecular flexibility index (Phi) is 4.62. The minimum Gasteiger partial charge on any atom is -0.326 e. The highest BCUT2D eigenvalue weighted by Gasteiger charge is 2.30. The molecule has 1 unspecified atom stereocenters. The standard InChI is InChI=1S/C19H21N3O2/c1-22(2)12-13-7-9-14(10-8-13)20-19(24)16-11-18(23)21-17-6-4-3-5-15(16)17/h3-10,16H,11-12H2,1-2H3,(H,20,24)(H,21,23). The summed E-state index contributed by atoms with van der Waals surface area (Å²) in [5.41, 5.74) is 3.50. The van der Waals surface area contributed by atoms with Gasteiger partial charge in [0.1, 0.15) is 0 Å². The first-order valence-corrected chi connectivity index (χ1v) is 7.96. The van der Waals surface area contributed by atoms with Crippen molar-refractivity contribution in [2.75, 3.05) is 24.7 Å². The number of nitrogens with one attached hydrogen (secondary N) is 2. The lowest BCUT2D eigenvalue weighted by Gasteiger charge is -2.24. The first kappa shape index (κ1) is 16.2. The van der Waals surface area contributed by atoms with Crippen LogP contribution >= 0.6 is 0 Å². The summed E-state index contributed by atoms with van der Waals surface area (Å²) in [6, 6.07) is 15.2. The molecule has 0 aromatic heterocycles. The molecule has 3 rings (SSSR count). The monoisotopic (exact) mass is 323 g/mol. The molecule has 1 aliphatic rings. The lowest BCUT2D eigenvalue weighted by Crippen LogP contribution is -2.30. The number of fused-ring (bicyclic) bond motifs is 1. The molecule has 5 nitrogen and oxygen atoms in total. The molecule has 1 aliphatic heterocycles. The number of anilines is 2. The molecule has 2 amide bonds. The van der Waals surface area contributed by atoms with Crippen LogP contribution in [0.1, 0.15) is 23.5 Å². The molecule has 0 fully saturated rings. The second-order valence-electron chi connectivity index (χ2n) is 6.32. The molecule has 0 radical (unpaired) electrons. The molecule has 2 aromatic rings. The van der Waals surface area contributed by atoms with Crippen LogP contribution in [0.25, 0.3) is 0 Å². The van der Waals surface area contributed by atoms with E-state index in [9.17, 15) is 9.59 Å². The highest BCUT2D eigenvalue weighted by Crippen LogP contribution is 2.32. The van der Waals surface area contributed by atoms with E-state index in [4.69, 9.17) is 0 Å². The van der Waals surface area contributed by atoms with Crippen molar-refractivity contribution in [3.8, 4) is 0 Å². The number of carbonyl (C=O) groups excluding carboxylic acids is 2. The zero-order valence-electron chi connectivity index (χ0n) is 13.9. The van der Waals surface area contributed by atoms with Crippen molar-refractivity contribution in [3.05, 3.63) is 59.7 Å². The van der Waals surface area contributed by atoms with Crippen LogP contribution in [0, 0.1) is 0 Å². The Bertz CT molecular complexity index is 753. The summed E-state index contributed by atoms with van der Waals surface area (Å²) in [5.74, 6) is -0.746. The SMILES string of the molecule is CN(C)Cc1ccc(NC(=O)C2CC(=O)Nc3ccccc32)cc1. The molecule has 0 saturated heterocycles. The van der Waals surface area contributed by atoms with Gasteiger partial charge >= 0.3 is 0 Å². The number of hydrogen-bond acceptors (Lipinski definition) is 3. The smallest absolute Gasteiger partial charge is 0.232 e. The topological polar surface area (TPSA) is 61.4 Å². The van der Waals surface area contributed by atoms with E-state index < -0.39 is 5.92 Å². The van der Waals surface area contributed by atoms with Crippen LogP contribution in [0.3, 0.4) is 0 Å². The summed E-state index contributed by atoms with van der Waals surface area (Å²) < 4.78 is 0. The van der Waals surface area contributed by atoms with E-state index in [1.54, 1.807) is 0 Å². The third-order valence-corrected chi connectivity index (χ3v) is 4.04. The Balaban J connectivity index is 1.74. The number of carbonyl (C=O) groups is 2. The third kappa shape index (κ3) is 3.63. The number of rotatable bonds is 4. The Morgan fingerprint density at radius 2 is 1.88 bits per heavy atom. The number of para-hydroxylation sites is 1. The third-order valence-electron chi connectivity index (χ3n) is 4.04. The van der Waals surface area contributed by atoms with Gasteiger partial charge < -0.3 is 15.5 Å². The van der Waals surface area contributed by atoms with Gasteiger partial charge in [-0.25, -0.2) is 0 Å². The predicted molar refractivity (Wildman–Crippen MR) is 94.9 cm³/mol. The molecule has 0 spiro atoms. The first-order valence-electron chi connectivity index (χ1n) is 7.96. The molecule has 0 aliphatic carbocycles. The molecular formula is C19H21N3O2. The van der Waals surface area contributed by atoms with Crippen LogP contribution in [-0.2, 0) is 16.1 Å². The molecule has 24 heavy (non-hydrogen) atoms. The van der Waals surface area contributed by atoms with E-state index >= 15 is 0 Å². The summed E-state index contributed by atoms with van der Waals surface area (Å²) in [5, 5.41) is 5.73. The van der Waals surface area contributed by atoms with Crippen LogP contribution in [0.2, 0.25) is 0 Å². The maximum absolute atomic E-state index is 12.6. The van der Waals surface area contributed by atoms with Gasteiger partial charge in [-0.15, -0.1) is 0 Å². The number of hydrogen-bond donors (Lipinski definition) is 2. The van der Waals surface area contributed by atoms with Gasteiger partial charge in [-0.2, -0.15) is 0 Å². The zero-order chi connectivity index (χ0) is 17.1. The van der Waals surface area contributed by atoms with E-state index in [-0.39, 0.29) is 18.2 Å². The van der Waals surface area contributed by atoms with Gasteiger partial charge in [0.2, 0.25) is 11.8 Å². The van der Waals surface area contributed by atoms with Crippen molar-refractivity contribution in [3.63, 3.8) is 0 Å². The Hall–Kier alpha value is -2.66. The second kappa shape index (κ2) is 6.84. The minimum absolute atomic E-state index is 0.129. The molecule has 5 heteroatoms. The van der Waals surface area contributed by atoms with E-state index in [1.165, 1.54) is 5.56 Å². The maximum Gasteiger partial charge on any atom is 0.232 e. The molecule has 1 heterocycles. The molecule has 124 valence electrons. The van der Waals surface area contributed by atoms with Gasteiger partial charge in [0.05, 0.1) is 5.92 Å². The highest BCUT2D eigenvalue weighted by molar-refractivity contribution is 6.05. The normalized spacial score (nSPS) is 16.5. The molecular weight excluding hydrogens is 302 g/mol. The van der Waals surface area contributed by atoms with E-state index in [0.717, 1.165) is 23.5 Å². The lowest BCUT2D eigenvalue weighted by atomic mass is 9.90. The molecule has 2 aromatic carbocycles. The Labute approximate surface area is 141 Å². The van der Waals surface area contributed by atoms with Gasteiger partial charge in [0.15, 0.2) is 0 Å². The summed E-state index contributed by atoms with van der Waals surface area (Å²) in [7, 11) is 4.03. The van der Waals surface area contributed by atoms with E-state index in [2.05, 4.69) is 15.5 Å². The summed E-state index contributed by atoms with van der Waals surface area (Å²) in [6.07, 6.45) is 0.168. The van der Waals surface area contributed by atoms with Gasteiger partial charge in [-0.3, -0.25) is 9.59 Å². The van der Waals surface area contributed by atoms with Gasteiger partial charge in [0, 0.05) is 24.3 Å². The Morgan fingerprint density at radius 3 is 2.58 bits per heavy atom. The molecule has 2 N–H and O–H groups in total. The largest absolute Gasteiger partial charge is 0.326 e. The second-order valence-corrected chi connectivity index (χ2v) is 6.32. The number of nitrogens with zero attached hydrogens (tertiary/aromatic N) is 1. The van der Waals surface area contributed by atoms with Gasteiger partial charge in [-0.1, -0.05) is 30.3 Å². The summed E-state index contributed by atoms with van der Waals surface area (Å²) >= 11 is 0. The van der Waals surface area contributed by atoms with Crippen LogP contribution < -0.4 is 10.6 Å². The van der Waals surface area contributed by atoms with Gasteiger partial charge in [-0.05, 0) is 43.4 Å². The van der Waals surface area contributed by atoms with Crippen LogP contribution in [0.5, 0.6) is 0 Å². The van der Waals surface area contributed by atoms with Crippen molar-refractivity contribution in [2.45, 2.75) is 18.9 Å².